The molecular weight excluding hydrogens is 286 g/mol. The minimum atomic E-state index is -3.54. The lowest BCUT2D eigenvalue weighted by Crippen LogP contribution is -2.43. The van der Waals surface area contributed by atoms with Crippen molar-refractivity contribution in [3.63, 3.8) is 0 Å². The van der Waals surface area contributed by atoms with Gasteiger partial charge in [-0.15, -0.1) is 0 Å². The zero-order chi connectivity index (χ0) is 15.5. The second-order valence-corrected chi connectivity index (χ2v) is 7.56. The van der Waals surface area contributed by atoms with Crippen LogP contribution in [0.5, 0.6) is 0 Å². The van der Waals surface area contributed by atoms with Gasteiger partial charge in [0.15, 0.2) is 0 Å². The van der Waals surface area contributed by atoms with Gasteiger partial charge in [-0.05, 0) is 37.3 Å². The lowest BCUT2D eigenvalue weighted by Gasteiger charge is -2.34. The van der Waals surface area contributed by atoms with Gasteiger partial charge >= 0.3 is 0 Å². The summed E-state index contributed by atoms with van der Waals surface area (Å²) in [5, 5.41) is 3.01. The lowest BCUT2D eigenvalue weighted by molar-refractivity contribution is 0.227. The van der Waals surface area contributed by atoms with Gasteiger partial charge in [-0.1, -0.05) is 26.7 Å². The summed E-state index contributed by atoms with van der Waals surface area (Å²) in [7, 11) is -3.54. The highest BCUT2D eigenvalue weighted by Gasteiger charge is 2.31. The summed E-state index contributed by atoms with van der Waals surface area (Å²) in [6.07, 6.45) is 4.75. The van der Waals surface area contributed by atoms with E-state index in [2.05, 4.69) is 28.9 Å². The van der Waals surface area contributed by atoms with E-state index in [0.29, 0.717) is 24.2 Å². The molecule has 1 aromatic heterocycles. The number of hydrogen-bond acceptors (Lipinski definition) is 4. The first-order valence-electron chi connectivity index (χ1n) is 7.67. The molecule has 1 heterocycles. The number of hydrogen-bond donors (Lipinski definition) is 2. The van der Waals surface area contributed by atoms with Gasteiger partial charge in [0.25, 0.3) is 0 Å². The Morgan fingerprint density at radius 1 is 1.33 bits per heavy atom. The molecule has 1 aliphatic rings. The van der Waals surface area contributed by atoms with Crippen LogP contribution < -0.4 is 10.0 Å². The molecule has 3 unspecified atom stereocenters. The number of nitrogens with zero attached hydrogens (tertiary/aromatic N) is 1. The maximum Gasteiger partial charge on any atom is 0.244 e. The van der Waals surface area contributed by atoms with Gasteiger partial charge in [-0.3, -0.25) is 0 Å². The van der Waals surface area contributed by atoms with Crippen molar-refractivity contribution in [2.75, 3.05) is 11.9 Å². The number of sulfonamides is 1. The molecule has 2 N–H and O–H groups in total. The molecule has 0 amide bonds. The Hall–Kier alpha value is -1.14. The molecule has 21 heavy (non-hydrogen) atoms. The van der Waals surface area contributed by atoms with Crippen LogP contribution in [0.3, 0.4) is 0 Å². The van der Waals surface area contributed by atoms with Crippen molar-refractivity contribution in [2.24, 2.45) is 11.8 Å². The smallest absolute Gasteiger partial charge is 0.244 e. The summed E-state index contributed by atoms with van der Waals surface area (Å²) in [5.41, 5.74) is 0. The Bertz CT molecular complexity index is 574. The van der Waals surface area contributed by atoms with Crippen LogP contribution in [0.4, 0.5) is 5.82 Å². The van der Waals surface area contributed by atoms with E-state index < -0.39 is 10.0 Å². The molecule has 0 bridgehead atoms. The molecule has 1 saturated carbocycles. The predicted octanol–water partition coefficient (Wildman–Crippen LogP) is 2.62. The molecule has 0 radical (unpaired) electrons. The maximum atomic E-state index is 12.7. The standard InChI is InChI=1S/C15H25N3O2S/c1-4-16-15-14(9-6-10-17-15)21(19,20)18-13-8-5-7-11(2)12(13)3/h6,9-13,18H,4-5,7-8H2,1-3H3,(H,16,17). The van der Waals surface area contributed by atoms with Crippen LogP contribution in [0.2, 0.25) is 0 Å². The van der Waals surface area contributed by atoms with Gasteiger partial charge in [0.2, 0.25) is 10.0 Å². The molecule has 6 heteroatoms. The summed E-state index contributed by atoms with van der Waals surface area (Å²) in [6.45, 7) is 6.88. The average Bonchev–Trinajstić information content (AvgIpc) is 2.44. The van der Waals surface area contributed by atoms with Crippen molar-refractivity contribution in [2.45, 2.75) is 51.0 Å². The molecule has 3 atom stereocenters. The number of pyridine rings is 1. The third kappa shape index (κ3) is 3.74. The zero-order valence-electron chi connectivity index (χ0n) is 13.0. The van der Waals surface area contributed by atoms with Crippen molar-refractivity contribution in [3.05, 3.63) is 18.3 Å². The molecular formula is C15H25N3O2S. The maximum absolute atomic E-state index is 12.7. The van der Waals surface area contributed by atoms with Crippen molar-refractivity contribution < 1.29 is 8.42 Å². The molecule has 1 aliphatic carbocycles. The van der Waals surface area contributed by atoms with E-state index in [9.17, 15) is 8.42 Å². The fourth-order valence-electron chi connectivity index (χ4n) is 2.92. The Labute approximate surface area is 127 Å². The van der Waals surface area contributed by atoms with Crippen LogP contribution in [0.15, 0.2) is 23.2 Å². The first-order valence-corrected chi connectivity index (χ1v) is 9.15. The van der Waals surface area contributed by atoms with Gasteiger partial charge < -0.3 is 5.32 Å². The summed E-state index contributed by atoms with van der Waals surface area (Å²) >= 11 is 0. The number of anilines is 1. The number of aromatic nitrogens is 1. The van der Waals surface area contributed by atoms with Crippen LogP contribution in [-0.2, 0) is 10.0 Å². The molecule has 2 rings (SSSR count). The largest absolute Gasteiger partial charge is 0.369 e. The van der Waals surface area contributed by atoms with E-state index in [1.54, 1.807) is 18.3 Å². The Balaban J connectivity index is 2.22. The Morgan fingerprint density at radius 2 is 2.10 bits per heavy atom. The van der Waals surface area contributed by atoms with Gasteiger partial charge in [0.1, 0.15) is 10.7 Å². The quantitative estimate of drug-likeness (QED) is 0.877. The highest BCUT2D eigenvalue weighted by atomic mass is 32.2. The van der Waals surface area contributed by atoms with Gasteiger partial charge in [0.05, 0.1) is 0 Å². The van der Waals surface area contributed by atoms with E-state index in [0.717, 1.165) is 12.8 Å². The Morgan fingerprint density at radius 3 is 2.81 bits per heavy atom. The summed E-state index contributed by atoms with van der Waals surface area (Å²) in [5.74, 6) is 1.32. The molecule has 0 spiro atoms. The highest BCUT2D eigenvalue weighted by molar-refractivity contribution is 7.89. The van der Waals surface area contributed by atoms with Crippen molar-refractivity contribution >= 4 is 15.8 Å². The lowest BCUT2D eigenvalue weighted by atomic mass is 9.78. The SMILES string of the molecule is CCNc1ncccc1S(=O)(=O)NC1CCCC(C)C1C. The Kier molecular flexibility index (Phi) is 5.22. The third-order valence-corrected chi connectivity index (χ3v) is 5.94. The molecule has 0 aromatic carbocycles. The van der Waals surface area contributed by atoms with Gasteiger partial charge in [-0.2, -0.15) is 0 Å². The monoisotopic (exact) mass is 311 g/mol. The molecule has 118 valence electrons. The summed E-state index contributed by atoms with van der Waals surface area (Å²) < 4.78 is 28.2. The fourth-order valence-corrected chi connectivity index (χ4v) is 4.41. The number of rotatable bonds is 5. The zero-order valence-corrected chi connectivity index (χ0v) is 13.8. The van der Waals surface area contributed by atoms with E-state index in [-0.39, 0.29) is 10.9 Å². The van der Waals surface area contributed by atoms with E-state index in [4.69, 9.17) is 0 Å². The van der Waals surface area contributed by atoms with E-state index >= 15 is 0 Å². The molecule has 5 nitrogen and oxygen atoms in total. The minimum Gasteiger partial charge on any atom is -0.369 e. The van der Waals surface area contributed by atoms with Crippen LogP contribution in [0.25, 0.3) is 0 Å². The van der Waals surface area contributed by atoms with Crippen LogP contribution in [0.1, 0.15) is 40.0 Å². The highest BCUT2D eigenvalue weighted by Crippen LogP contribution is 2.31. The van der Waals surface area contributed by atoms with Crippen LogP contribution in [-0.4, -0.2) is 26.0 Å². The first kappa shape index (κ1) is 16.2. The third-order valence-electron chi connectivity index (χ3n) is 4.42. The van der Waals surface area contributed by atoms with Gasteiger partial charge in [-0.25, -0.2) is 18.1 Å². The predicted molar refractivity (Wildman–Crippen MR) is 84.7 cm³/mol. The average molecular weight is 311 g/mol. The summed E-state index contributed by atoms with van der Waals surface area (Å²) in [4.78, 5) is 4.37. The minimum absolute atomic E-state index is 0.00781. The molecule has 1 aromatic rings. The van der Waals surface area contributed by atoms with Gasteiger partial charge in [0, 0.05) is 18.8 Å². The van der Waals surface area contributed by atoms with Crippen LogP contribution in [0, 0.1) is 11.8 Å². The number of nitrogens with one attached hydrogen (secondary N) is 2. The summed E-state index contributed by atoms with van der Waals surface area (Å²) in [6, 6.07) is 3.26. The first-order chi connectivity index (χ1) is 9.95. The fraction of sp³-hybridized carbons (Fsp3) is 0.667. The van der Waals surface area contributed by atoms with Crippen molar-refractivity contribution in [3.8, 4) is 0 Å². The van der Waals surface area contributed by atoms with Crippen LogP contribution >= 0.6 is 0 Å². The molecule has 0 aliphatic heterocycles. The molecule has 1 fully saturated rings. The second-order valence-electron chi connectivity index (χ2n) is 5.88. The van der Waals surface area contributed by atoms with Crippen molar-refractivity contribution in [1.29, 1.82) is 0 Å². The van der Waals surface area contributed by atoms with E-state index in [1.165, 1.54) is 6.42 Å². The normalized spacial score (nSPS) is 26.5. The van der Waals surface area contributed by atoms with E-state index in [1.807, 2.05) is 6.92 Å². The second kappa shape index (κ2) is 6.75. The molecule has 0 saturated heterocycles. The topological polar surface area (TPSA) is 71.1 Å². The van der Waals surface area contributed by atoms with Crippen molar-refractivity contribution in [1.82, 2.24) is 9.71 Å².